The third-order valence-electron chi connectivity index (χ3n) is 2.55. The zero-order valence-electron chi connectivity index (χ0n) is 10.7. The molecule has 0 saturated heterocycles. The summed E-state index contributed by atoms with van der Waals surface area (Å²) in [6.07, 6.45) is 2.30. The topological polar surface area (TPSA) is 101 Å². The second kappa shape index (κ2) is 6.15. The average Bonchev–Trinajstić information content (AvgIpc) is 2.85. The Morgan fingerprint density at radius 2 is 2.19 bits per heavy atom. The minimum Gasteiger partial charge on any atom is -0.481 e. The van der Waals surface area contributed by atoms with Crippen molar-refractivity contribution in [2.24, 2.45) is 0 Å². The number of benzene rings is 1. The van der Waals surface area contributed by atoms with E-state index in [-0.39, 0.29) is 17.9 Å². The van der Waals surface area contributed by atoms with Gasteiger partial charge in [-0.2, -0.15) is 5.10 Å². The Bertz CT molecular complexity index is 757. The van der Waals surface area contributed by atoms with Gasteiger partial charge in [0.2, 0.25) is 0 Å². The largest absolute Gasteiger partial charge is 0.481 e. The van der Waals surface area contributed by atoms with Crippen molar-refractivity contribution in [2.45, 2.75) is 17.9 Å². The van der Waals surface area contributed by atoms with Gasteiger partial charge in [-0.1, -0.05) is 17.7 Å². The summed E-state index contributed by atoms with van der Waals surface area (Å²) in [4.78, 5) is 10.4. The number of carboxylic acid groups (broad SMARTS) is 1. The molecule has 2 N–H and O–H groups in total. The number of halogens is 1. The van der Waals surface area contributed by atoms with Crippen LogP contribution in [0, 0.1) is 0 Å². The minimum atomic E-state index is -3.79. The molecule has 0 aliphatic heterocycles. The number of aromatic nitrogens is 2. The van der Waals surface area contributed by atoms with Crippen LogP contribution in [0.25, 0.3) is 0 Å². The van der Waals surface area contributed by atoms with Crippen LogP contribution in [0.3, 0.4) is 0 Å². The number of carbonyl (C=O) groups is 1. The molecule has 0 amide bonds. The quantitative estimate of drug-likeness (QED) is 0.841. The zero-order valence-corrected chi connectivity index (χ0v) is 12.3. The lowest BCUT2D eigenvalue weighted by Crippen LogP contribution is -2.12. The highest BCUT2D eigenvalue weighted by Crippen LogP contribution is 2.19. The van der Waals surface area contributed by atoms with Gasteiger partial charge in [0.25, 0.3) is 10.0 Å². The van der Waals surface area contributed by atoms with Gasteiger partial charge in [0.1, 0.15) is 4.90 Å². The molecule has 1 aromatic carbocycles. The molecule has 2 rings (SSSR count). The summed E-state index contributed by atoms with van der Waals surface area (Å²) in [5, 5.41) is 12.8. The first kappa shape index (κ1) is 15.3. The van der Waals surface area contributed by atoms with Crippen LogP contribution in [-0.2, 0) is 21.4 Å². The van der Waals surface area contributed by atoms with Crippen LogP contribution >= 0.6 is 11.6 Å². The highest BCUT2D eigenvalue weighted by Gasteiger charge is 2.17. The molecule has 2 aromatic rings. The number of sulfonamides is 1. The van der Waals surface area contributed by atoms with Crippen molar-refractivity contribution in [1.82, 2.24) is 9.78 Å². The van der Waals surface area contributed by atoms with E-state index in [1.165, 1.54) is 16.9 Å². The van der Waals surface area contributed by atoms with Gasteiger partial charge in [-0.15, -0.1) is 0 Å². The summed E-state index contributed by atoms with van der Waals surface area (Å²) < 4.78 is 27.9. The van der Waals surface area contributed by atoms with E-state index in [0.29, 0.717) is 10.7 Å². The summed E-state index contributed by atoms with van der Waals surface area (Å²) >= 11 is 5.79. The van der Waals surface area contributed by atoms with Gasteiger partial charge >= 0.3 is 5.97 Å². The number of carboxylic acids is 1. The van der Waals surface area contributed by atoms with E-state index in [1.54, 1.807) is 18.2 Å². The molecule has 0 bridgehead atoms. The molecule has 21 heavy (non-hydrogen) atoms. The summed E-state index contributed by atoms with van der Waals surface area (Å²) in [6, 6.07) is 6.30. The van der Waals surface area contributed by atoms with Gasteiger partial charge < -0.3 is 5.11 Å². The van der Waals surface area contributed by atoms with Crippen molar-refractivity contribution >= 4 is 33.3 Å². The first-order valence-electron chi connectivity index (χ1n) is 5.89. The molecule has 0 radical (unpaired) electrons. The van der Waals surface area contributed by atoms with Crippen LogP contribution in [-0.4, -0.2) is 29.3 Å². The lowest BCUT2D eigenvalue weighted by atomic mass is 10.3. The Labute approximate surface area is 126 Å². The number of anilines is 1. The van der Waals surface area contributed by atoms with Gasteiger partial charge in [0, 0.05) is 11.2 Å². The smallest absolute Gasteiger partial charge is 0.305 e. The summed E-state index contributed by atoms with van der Waals surface area (Å²) in [5.74, 6) is -0.980. The molecule has 112 valence electrons. The van der Waals surface area contributed by atoms with Gasteiger partial charge in [-0.25, -0.2) is 8.42 Å². The molecule has 0 aliphatic rings. The van der Waals surface area contributed by atoms with Crippen LogP contribution in [0.1, 0.15) is 6.42 Å². The Hall–Kier alpha value is -2.06. The Kier molecular flexibility index (Phi) is 4.49. The second-order valence-electron chi connectivity index (χ2n) is 4.20. The van der Waals surface area contributed by atoms with E-state index in [9.17, 15) is 13.2 Å². The van der Waals surface area contributed by atoms with Crippen LogP contribution in [0.15, 0.2) is 41.6 Å². The SMILES string of the molecule is O=C(O)CCn1cc(S(=O)(=O)Nc2cccc(Cl)c2)cn1. The fourth-order valence-corrected chi connectivity index (χ4v) is 2.77. The first-order valence-corrected chi connectivity index (χ1v) is 7.75. The van der Waals surface area contributed by atoms with Crippen molar-refractivity contribution in [3.8, 4) is 0 Å². The lowest BCUT2D eigenvalue weighted by Gasteiger charge is -2.06. The third-order valence-corrected chi connectivity index (χ3v) is 4.12. The number of nitrogens with zero attached hydrogens (tertiary/aromatic N) is 2. The van der Waals surface area contributed by atoms with Gasteiger partial charge in [0.15, 0.2) is 0 Å². The van der Waals surface area contributed by atoms with Gasteiger partial charge in [-0.05, 0) is 18.2 Å². The molecular weight excluding hydrogens is 318 g/mol. The van der Waals surface area contributed by atoms with E-state index >= 15 is 0 Å². The monoisotopic (exact) mass is 329 g/mol. The number of nitrogens with one attached hydrogen (secondary N) is 1. The molecular formula is C12H12ClN3O4S. The average molecular weight is 330 g/mol. The normalized spacial score (nSPS) is 11.3. The third kappa shape index (κ3) is 4.20. The van der Waals surface area contributed by atoms with Crippen LogP contribution in [0.2, 0.25) is 5.02 Å². The molecule has 0 unspecified atom stereocenters. The van der Waals surface area contributed by atoms with Crippen LogP contribution in [0.5, 0.6) is 0 Å². The first-order chi connectivity index (χ1) is 9.87. The molecule has 1 heterocycles. The number of aryl methyl sites for hydroxylation is 1. The highest BCUT2D eigenvalue weighted by molar-refractivity contribution is 7.92. The van der Waals surface area contributed by atoms with Crippen molar-refractivity contribution in [3.63, 3.8) is 0 Å². The Morgan fingerprint density at radius 3 is 2.86 bits per heavy atom. The van der Waals surface area contributed by atoms with E-state index in [2.05, 4.69) is 9.82 Å². The van der Waals surface area contributed by atoms with Crippen LogP contribution in [0.4, 0.5) is 5.69 Å². The summed E-state index contributed by atoms with van der Waals surface area (Å²) in [5.41, 5.74) is 0.334. The summed E-state index contributed by atoms with van der Waals surface area (Å²) in [6.45, 7) is 0.0992. The standard InChI is InChI=1S/C12H12ClN3O4S/c13-9-2-1-3-10(6-9)15-21(19,20)11-7-14-16(8-11)5-4-12(17)18/h1-3,6-8,15H,4-5H2,(H,17,18). The molecule has 0 fully saturated rings. The fourth-order valence-electron chi connectivity index (χ4n) is 1.58. The lowest BCUT2D eigenvalue weighted by molar-refractivity contribution is -0.137. The number of rotatable bonds is 6. The molecule has 9 heteroatoms. The summed E-state index contributed by atoms with van der Waals surface area (Å²) in [7, 11) is -3.79. The van der Waals surface area contributed by atoms with Crippen molar-refractivity contribution in [2.75, 3.05) is 4.72 Å². The predicted octanol–water partition coefficient (Wildman–Crippen LogP) is 1.81. The fraction of sp³-hybridized carbons (Fsp3) is 0.167. The number of hydrogen-bond acceptors (Lipinski definition) is 4. The maximum Gasteiger partial charge on any atom is 0.305 e. The number of aliphatic carboxylic acids is 1. The van der Waals surface area contributed by atoms with Gasteiger partial charge in [-0.3, -0.25) is 14.2 Å². The van der Waals surface area contributed by atoms with E-state index in [4.69, 9.17) is 16.7 Å². The maximum atomic E-state index is 12.1. The minimum absolute atomic E-state index is 0.0483. The maximum absolute atomic E-state index is 12.1. The molecule has 0 saturated carbocycles. The molecule has 1 aromatic heterocycles. The number of hydrogen-bond donors (Lipinski definition) is 2. The predicted molar refractivity (Wildman–Crippen MR) is 76.7 cm³/mol. The van der Waals surface area contributed by atoms with E-state index in [1.807, 2.05) is 0 Å². The van der Waals surface area contributed by atoms with Crippen LogP contribution < -0.4 is 4.72 Å². The second-order valence-corrected chi connectivity index (χ2v) is 6.32. The zero-order chi connectivity index (χ0) is 15.5. The van der Waals surface area contributed by atoms with Gasteiger partial charge in [0.05, 0.1) is 24.8 Å². The Balaban J connectivity index is 2.14. The molecule has 0 aliphatic carbocycles. The molecule has 7 nitrogen and oxygen atoms in total. The molecule has 0 atom stereocenters. The van der Waals surface area contributed by atoms with Crippen molar-refractivity contribution < 1.29 is 18.3 Å². The van der Waals surface area contributed by atoms with Crippen molar-refractivity contribution in [1.29, 1.82) is 0 Å². The molecule has 0 spiro atoms. The van der Waals surface area contributed by atoms with Crippen molar-refractivity contribution in [3.05, 3.63) is 41.7 Å². The van der Waals surface area contributed by atoms with E-state index in [0.717, 1.165) is 6.20 Å². The Morgan fingerprint density at radius 1 is 1.43 bits per heavy atom. The van der Waals surface area contributed by atoms with E-state index < -0.39 is 16.0 Å². The highest BCUT2D eigenvalue weighted by atomic mass is 35.5.